The van der Waals surface area contributed by atoms with E-state index in [9.17, 15) is 28.4 Å². The summed E-state index contributed by atoms with van der Waals surface area (Å²) in [6, 6.07) is 10.3. The number of nitrogens with one attached hydrogen (secondary N) is 4. The maximum Gasteiger partial charge on any atom is 0.271 e. The zero-order valence-corrected chi connectivity index (χ0v) is 34.6. The topological polar surface area (TPSA) is 263 Å². The average Bonchev–Trinajstić information content (AvgIpc) is 3.72. The van der Waals surface area contributed by atoms with Gasteiger partial charge in [-0.25, -0.2) is 9.37 Å². The summed E-state index contributed by atoms with van der Waals surface area (Å²) in [6.07, 6.45) is 6.69. The number of amides is 5. The molecule has 6 atom stereocenters. The van der Waals surface area contributed by atoms with Gasteiger partial charge in [-0.3, -0.25) is 29.0 Å². The van der Waals surface area contributed by atoms with E-state index in [1.807, 2.05) is 44.2 Å². The Bertz CT molecular complexity index is 1870. The third-order valence-electron chi connectivity index (χ3n) is 10.7. The van der Waals surface area contributed by atoms with E-state index < -0.39 is 59.7 Å². The van der Waals surface area contributed by atoms with Crippen molar-refractivity contribution >= 4 is 46.8 Å². The van der Waals surface area contributed by atoms with E-state index in [0.717, 1.165) is 54.6 Å². The Morgan fingerprint density at radius 1 is 0.831 bits per heavy atom. The number of nitrogens with two attached hydrogens (primary N) is 4. The lowest BCUT2D eigenvalue weighted by molar-refractivity contribution is -0.132. The van der Waals surface area contributed by atoms with Crippen molar-refractivity contribution in [3.8, 4) is 0 Å². The van der Waals surface area contributed by atoms with E-state index in [-0.39, 0.29) is 55.2 Å². The van der Waals surface area contributed by atoms with Crippen molar-refractivity contribution in [3.05, 3.63) is 87.6 Å². The standard InChI is InChI=1S/C42H59FN10O5S/c1-3-25(2)35(44)40(58)52-33(23-28-16-18-29(43)19-17-28)41-53-34(24-59-41)39(57)51-32(22-27-13-8-5-9-14-27)38(56)49-30(15-10-20-48-42(46)47)37(55)50-31(36(45)54)21-26-11-6-4-7-12-26/h4,6-7,11-12,16-19,24-25,27,30-33,35H,3,5,8-10,13-15,20-23,44H2,1-2H3,(H2,45,54)(H,49,56)(H,50,55)(H,51,57)(H,52,58)(H4,46,47,48)/t25?,30-,31?,32-,33-,35?/m0/s1. The number of hydrogen-bond donors (Lipinski definition) is 8. The molecule has 1 fully saturated rings. The third kappa shape index (κ3) is 15.0. The molecule has 3 aromatic rings. The van der Waals surface area contributed by atoms with Crippen LogP contribution in [0.4, 0.5) is 4.39 Å². The summed E-state index contributed by atoms with van der Waals surface area (Å²) < 4.78 is 13.7. The van der Waals surface area contributed by atoms with E-state index >= 15 is 0 Å². The molecule has 12 N–H and O–H groups in total. The summed E-state index contributed by atoms with van der Waals surface area (Å²) in [5, 5.41) is 13.4. The van der Waals surface area contributed by atoms with Gasteiger partial charge < -0.3 is 44.2 Å². The number of benzene rings is 2. The van der Waals surface area contributed by atoms with E-state index in [0.29, 0.717) is 24.3 Å². The molecule has 1 aliphatic carbocycles. The molecule has 1 saturated carbocycles. The average molecular weight is 835 g/mol. The first-order valence-electron chi connectivity index (χ1n) is 20.3. The van der Waals surface area contributed by atoms with Gasteiger partial charge in [0, 0.05) is 18.3 Å². The lowest BCUT2D eigenvalue weighted by Gasteiger charge is -2.28. The number of halogens is 1. The summed E-state index contributed by atoms with van der Waals surface area (Å²) in [7, 11) is 0. The van der Waals surface area contributed by atoms with Crippen LogP contribution in [-0.2, 0) is 32.0 Å². The van der Waals surface area contributed by atoms with Gasteiger partial charge >= 0.3 is 0 Å². The van der Waals surface area contributed by atoms with Crippen LogP contribution in [-0.4, -0.2) is 71.2 Å². The molecule has 0 bridgehead atoms. The van der Waals surface area contributed by atoms with E-state index in [2.05, 4.69) is 31.2 Å². The predicted octanol–water partition coefficient (Wildman–Crippen LogP) is 2.88. The minimum atomic E-state index is -1.12. The molecule has 4 rings (SSSR count). The van der Waals surface area contributed by atoms with Gasteiger partial charge in [0.25, 0.3) is 5.91 Å². The Labute approximate surface area is 349 Å². The van der Waals surface area contributed by atoms with Gasteiger partial charge in [-0.2, -0.15) is 0 Å². The van der Waals surface area contributed by atoms with Gasteiger partial charge in [0.2, 0.25) is 23.6 Å². The second kappa shape index (κ2) is 23.2. The molecule has 5 amide bonds. The van der Waals surface area contributed by atoms with Crippen LogP contribution in [0.2, 0.25) is 0 Å². The third-order valence-corrected chi connectivity index (χ3v) is 11.7. The Balaban J connectivity index is 1.56. The molecule has 15 nitrogen and oxygen atoms in total. The molecule has 59 heavy (non-hydrogen) atoms. The molecule has 0 radical (unpaired) electrons. The molecule has 1 aliphatic rings. The molecule has 0 aliphatic heterocycles. The second-order valence-electron chi connectivity index (χ2n) is 15.3. The number of thiazole rings is 1. The van der Waals surface area contributed by atoms with Crippen molar-refractivity contribution < 1.29 is 28.4 Å². The van der Waals surface area contributed by atoms with Crippen LogP contribution < -0.4 is 44.2 Å². The molecule has 1 heterocycles. The van der Waals surface area contributed by atoms with Gasteiger partial charge in [0.1, 0.15) is 34.6 Å². The maximum atomic E-state index is 14.2. The number of aliphatic imine (C=N–C) groups is 1. The number of primary amides is 1. The first kappa shape index (κ1) is 46.3. The van der Waals surface area contributed by atoms with Crippen LogP contribution in [0.3, 0.4) is 0 Å². The number of nitrogens with zero attached hydrogens (tertiary/aromatic N) is 2. The number of rotatable bonds is 22. The highest BCUT2D eigenvalue weighted by Crippen LogP contribution is 2.28. The van der Waals surface area contributed by atoms with Crippen molar-refractivity contribution in [2.75, 3.05) is 6.54 Å². The summed E-state index contributed by atoms with van der Waals surface area (Å²) >= 11 is 1.16. The van der Waals surface area contributed by atoms with Crippen LogP contribution in [0.25, 0.3) is 0 Å². The number of guanidine groups is 1. The number of aromatic nitrogens is 1. The second-order valence-corrected chi connectivity index (χ2v) is 16.2. The monoisotopic (exact) mass is 834 g/mol. The van der Waals surface area contributed by atoms with Crippen LogP contribution in [0.15, 0.2) is 65.0 Å². The molecule has 17 heteroatoms. The van der Waals surface area contributed by atoms with Crippen LogP contribution >= 0.6 is 11.3 Å². The minimum Gasteiger partial charge on any atom is -0.370 e. The van der Waals surface area contributed by atoms with E-state index in [4.69, 9.17) is 22.9 Å². The van der Waals surface area contributed by atoms with Crippen LogP contribution in [0, 0.1) is 17.7 Å². The van der Waals surface area contributed by atoms with Crippen molar-refractivity contribution in [3.63, 3.8) is 0 Å². The predicted molar refractivity (Wildman–Crippen MR) is 226 cm³/mol. The molecule has 0 saturated heterocycles. The van der Waals surface area contributed by atoms with Gasteiger partial charge in [0.05, 0.1) is 12.1 Å². The molecule has 0 spiro atoms. The summed E-state index contributed by atoms with van der Waals surface area (Å²) in [4.78, 5) is 76.2. The van der Waals surface area contributed by atoms with Crippen LogP contribution in [0.5, 0.6) is 0 Å². The highest BCUT2D eigenvalue weighted by Gasteiger charge is 2.32. The first-order valence-corrected chi connectivity index (χ1v) is 21.2. The number of carbonyl (C=O) groups excluding carboxylic acids is 5. The first-order chi connectivity index (χ1) is 28.2. The molecule has 2 aromatic carbocycles. The van der Waals surface area contributed by atoms with Crippen LogP contribution in [0.1, 0.15) is 104 Å². The summed E-state index contributed by atoms with van der Waals surface area (Å²) in [5.41, 5.74) is 24.5. The SMILES string of the molecule is CCC(C)C(N)C(=O)N[C@@H](Cc1ccc(F)cc1)c1nc(C(=O)N[C@@H](CC2CCCCC2)C(=O)N[C@@H](CCCN=C(N)N)C(=O)NC(Cc2ccccc2)C(N)=O)cs1. The fourth-order valence-corrected chi connectivity index (χ4v) is 7.85. The van der Waals surface area contributed by atoms with Crippen molar-refractivity contribution in [2.24, 2.45) is 39.8 Å². The van der Waals surface area contributed by atoms with Crippen molar-refractivity contribution in [2.45, 2.75) is 115 Å². The van der Waals surface area contributed by atoms with Gasteiger partial charge in [-0.15, -0.1) is 11.3 Å². The Morgan fingerprint density at radius 3 is 2.12 bits per heavy atom. The lowest BCUT2D eigenvalue weighted by Crippen LogP contribution is -2.57. The van der Waals surface area contributed by atoms with Crippen molar-refractivity contribution in [1.29, 1.82) is 0 Å². The molecule has 3 unspecified atom stereocenters. The smallest absolute Gasteiger partial charge is 0.271 e. The number of hydrogen-bond acceptors (Lipinski definition) is 9. The Kier molecular flexibility index (Phi) is 18.2. The Morgan fingerprint density at radius 2 is 1.47 bits per heavy atom. The van der Waals surface area contributed by atoms with Gasteiger partial charge in [-0.1, -0.05) is 94.8 Å². The quantitative estimate of drug-likeness (QED) is 0.0420. The van der Waals surface area contributed by atoms with Gasteiger partial charge in [-0.05, 0) is 60.8 Å². The lowest BCUT2D eigenvalue weighted by atomic mass is 9.84. The summed E-state index contributed by atoms with van der Waals surface area (Å²) in [6.45, 7) is 4.01. The molecule has 320 valence electrons. The zero-order chi connectivity index (χ0) is 42.9. The van der Waals surface area contributed by atoms with Crippen molar-refractivity contribution in [1.82, 2.24) is 26.3 Å². The largest absolute Gasteiger partial charge is 0.370 e. The van der Waals surface area contributed by atoms with Gasteiger partial charge in [0.15, 0.2) is 5.96 Å². The fourth-order valence-electron chi connectivity index (χ4n) is 7.00. The normalized spacial score (nSPS) is 16.0. The molecular weight excluding hydrogens is 776 g/mol. The highest BCUT2D eigenvalue weighted by molar-refractivity contribution is 7.09. The summed E-state index contributed by atoms with van der Waals surface area (Å²) in [5.74, 6) is -3.40. The number of carbonyl (C=O) groups is 5. The minimum absolute atomic E-state index is 0.0350. The highest BCUT2D eigenvalue weighted by atomic mass is 32.1. The maximum absolute atomic E-state index is 14.2. The van der Waals surface area contributed by atoms with E-state index in [1.54, 1.807) is 17.5 Å². The van der Waals surface area contributed by atoms with E-state index in [1.165, 1.54) is 12.1 Å². The zero-order valence-electron chi connectivity index (χ0n) is 33.8. The molecule has 1 aromatic heterocycles. The Hall–Kier alpha value is -5.42. The fraction of sp³-hybridized carbons (Fsp3) is 0.500. The molecular formula is C42H59FN10O5S.